The van der Waals surface area contributed by atoms with Gasteiger partial charge in [-0.25, -0.2) is 0 Å². The second-order valence-corrected chi connectivity index (χ2v) is 9.37. The molecule has 0 spiro atoms. The monoisotopic (exact) mass is 458 g/mol. The predicted molar refractivity (Wildman–Crippen MR) is 153 cm³/mol. The highest BCUT2D eigenvalue weighted by Gasteiger charge is 2.25. The van der Waals surface area contributed by atoms with E-state index in [1.54, 1.807) is 0 Å². The molecule has 36 heavy (non-hydrogen) atoms. The summed E-state index contributed by atoms with van der Waals surface area (Å²) in [5.74, 6) is 0. The molecule has 0 unspecified atom stereocenters. The molecule has 0 N–H and O–H groups in total. The average Bonchev–Trinajstić information content (AvgIpc) is 3.47. The molecule has 0 bridgehead atoms. The third-order valence-electron chi connectivity index (χ3n) is 7.47. The van der Waals surface area contributed by atoms with Crippen molar-refractivity contribution in [1.29, 1.82) is 0 Å². The lowest BCUT2D eigenvalue weighted by Gasteiger charge is -2.13. The van der Waals surface area contributed by atoms with Gasteiger partial charge in [0.1, 0.15) is 0 Å². The molecule has 0 amide bonds. The Bertz CT molecular complexity index is 2080. The molecule has 2 heterocycles. The van der Waals surface area contributed by atoms with Crippen molar-refractivity contribution in [3.63, 3.8) is 0 Å². The summed E-state index contributed by atoms with van der Waals surface area (Å²) in [5, 5.41) is 7.68. The highest BCUT2D eigenvalue weighted by molar-refractivity contribution is 6.34. The fraction of sp³-hybridized carbons (Fsp3) is 0. The molecule has 0 aliphatic carbocycles. The lowest BCUT2D eigenvalue weighted by molar-refractivity contribution is 1.18. The van der Waals surface area contributed by atoms with E-state index in [1.807, 2.05) is 0 Å². The molecule has 6 aromatic carbocycles. The Hall–Kier alpha value is -4.82. The summed E-state index contributed by atoms with van der Waals surface area (Å²) in [7, 11) is 0. The Labute approximate surface area is 208 Å². The van der Waals surface area contributed by atoms with Gasteiger partial charge in [0, 0.05) is 27.5 Å². The molecule has 0 saturated heterocycles. The normalized spacial score (nSPS) is 11.9. The molecule has 0 aliphatic rings. The van der Waals surface area contributed by atoms with Crippen molar-refractivity contribution in [3.8, 4) is 11.4 Å². The average molecular weight is 459 g/mol. The number of nitrogens with zero attached hydrogens (tertiary/aromatic N) is 2. The molecule has 8 aromatic rings. The number of para-hydroxylation sites is 3. The minimum atomic E-state index is 1.17. The maximum absolute atomic E-state index is 2.49. The number of rotatable bonds is 2. The summed E-state index contributed by atoms with van der Waals surface area (Å²) in [4.78, 5) is 0. The van der Waals surface area contributed by atoms with Crippen LogP contribution >= 0.6 is 0 Å². The van der Waals surface area contributed by atoms with Gasteiger partial charge in [0.2, 0.25) is 0 Å². The van der Waals surface area contributed by atoms with E-state index in [0.717, 1.165) is 0 Å². The molecular weight excluding hydrogens is 436 g/mol. The Morgan fingerprint density at radius 2 is 0.778 bits per heavy atom. The highest BCUT2D eigenvalue weighted by atomic mass is 15.1. The topological polar surface area (TPSA) is 9.86 Å². The zero-order valence-corrected chi connectivity index (χ0v) is 19.6. The number of aromatic nitrogens is 2. The van der Waals surface area contributed by atoms with Crippen molar-refractivity contribution in [1.82, 2.24) is 9.13 Å². The summed E-state index contributed by atoms with van der Waals surface area (Å²) in [6.45, 7) is 0. The van der Waals surface area contributed by atoms with Crippen molar-refractivity contribution in [2.45, 2.75) is 0 Å². The van der Waals surface area contributed by atoms with Crippen molar-refractivity contribution in [2.24, 2.45) is 0 Å². The second-order valence-electron chi connectivity index (χ2n) is 9.37. The first kappa shape index (κ1) is 19.5. The summed E-state index contributed by atoms with van der Waals surface area (Å²) >= 11 is 0. The maximum Gasteiger partial charge on any atom is 0.0810 e. The molecule has 0 radical (unpaired) electrons. The molecule has 168 valence electrons. The first-order chi connectivity index (χ1) is 17.9. The smallest absolute Gasteiger partial charge is 0.0810 e. The maximum atomic E-state index is 2.49. The van der Waals surface area contributed by atoms with Crippen LogP contribution in [-0.4, -0.2) is 9.13 Å². The minimum absolute atomic E-state index is 1.17. The van der Waals surface area contributed by atoms with Crippen molar-refractivity contribution in [3.05, 3.63) is 133 Å². The van der Waals surface area contributed by atoms with E-state index in [1.165, 1.54) is 65.8 Å². The van der Waals surface area contributed by atoms with Gasteiger partial charge in [-0.15, -0.1) is 0 Å². The van der Waals surface area contributed by atoms with E-state index in [9.17, 15) is 0 Å². The van der Waals surface area contributed by atoms with Crippen LogP contribution in [0.3, 0.4) is 0 Å². The van der Waals surface area contributed by atoms with E-state index < -0.39 is 0 Å². The van der Waals surface area contributed by atoms with Gasteiger partial charge in [0.25, 0.3) is 0 Å². The van der Waals surface area contributed by atoms with Crippen LogP contribution in [0.15, 0.2) is 133 Å². The third-order valence-corrected chi connectivity index (χ3v) is 7.47. The van der Waals surface area contributed by atoms with Gasteiger partial charge in [-0.2, -0.15) is 0 Å². The molecule has 2 aromatic heterocycles. The Morgan fingerprint density at radius 1 is 0.306 bits per heavy atom. The fourth-order valence-electron chi connectivity index (χ4n) is 6.07. The molecule has 0 saturated carbocycles. The van der Waals surface area contributed by atoms with Crippen LogP contribution in [0.4, 0.5) is 0 Å². The summed E-state index contributed by atoms with van der Waals surface area (Å²) < 4.78 is 4.94. The van der Waals surface area contributed by atoms with Crippen LogP contribution in [0.25, 0.3) is 65.8 Å². The standard InChI is InChI=1S/C34H22N2/c1-3-13-23(14-4-1)35-30-22-12-11-21-29(30)33-34(35)31-27-19-9-7-17-25(27)26-18-8-10-20-28(26)32(31)36(33)24-15-5-2-6-16-24/h1-22H. The van der Waals surface area contributed by atoms with Gasteiger partial charge in [0.05, 0.1) is 22.1 Å². The van der Waals surface area contributed by atoms with Crippen LogP contribution in [0.1, 0.15) is 0 Å². The first-order valence-corrected chi connectivity index (χ1v) is 12.4. The van der Waals surface area contributed by atoms with E-state index in [-0.39, 0.29) is 0 Å². The lowest BCUT2D eigenvalue weighted by atomic mass is 9.98. The van der Waals surface area contributed by atoms with Crippen molar-refractivity contribution in [2.75, 3.05) is 0 Å². The van der Waals surface area contributed by atoms with Crippen molar-refractivity contribution >= 4 is 54.4 Å². The second kappa shape index (κ2) is 7.34. The summed E-state index contributed by atoms with van der Waals surface area (Å²) in [5.41, 5.74) is 7.33. The van der Waals surface area contributed by atoms with Gasteiger partial charge in [-0.1, -0.05) is 103 Å². The number of hydrogen-bond acceptors (Lipinski definition) is 0. The van der Waals surface area contributed by atoms with E-state index in [2.05, 4.69) is 143 Å². The van der Waals surface area contributed by atoms with Gasteiger partial charge in [-0.3, -0.25) is 0 Å². The Balaban J connectivity index is 1.78. The SMILES string of the molecule is c1ccc(-n2c3ccccc3c3c2c2c4ccccc4c4ccccc4c2n3-c2ccccc2)cc1. The highest BCUT2D eigenvalue weighted by Crippen LogP contribution is 2.46. The van der Waals surface area contributed by atoms with Crippen LogP contribution in [0.2, 0.25) is 0 Å². The lowest BCUT2D eigenvalue weighted by Crippen LogP contribution is -1.95. The number of benzene rings is 6. The van der Waals surface area contributed by atoms with Gasteiger partial charge >= 0.3 is 0 Å². The van der Waals surface area contributed by atoms with Gasteiger partial charge in [0.15, 0.2) is 0 Å². The minimum Gasteiger partial charge on any atom is -0.307 e. The zero-order valence-electron chi connectivity index (χ0n) is 19.6. The van der Waals surface area contributed by atoms with Crippen LogP contribution < -0.4 is 0 Å². The van der Waals surface area contributed by atoms with Crippen LogP contribution in [0, 0.1) is 0 Å². The zero-order chi connectivity index (χ0) is 23.6. The quantitative estimate of drug-likeness (QED) is 0.229. The third kappa shape index (κ3) is 2.50. The number of hydrogen-bond donors (Lipinski definition) is 0. The molecule has 0 atom stereocenters. The molecule has 0 fully saturated rings. The molecule has 2 heteroatoms. The molecule has 8 rings (SSSR count). The van der Waals surface area contributed by atoms with E-state index in [0.29, 0.717) is 0 Å². The molecular formula is C34H22N2. The van der Waals surface area contributed by atoms with Crippen molar-refractivity contribution < 1.29 is 0 Å². The van der Waals surface area contributed by atoms with Gasteiger partial charge in [-0.05, 0) is 46.5 Å². The van der Waals surface area contributed by atoms with E-state index in [4.69, 9.17) is 0 Å². The number of fused-ring (bicyclic) bond motifs is 10. The fourth-order valence-corrected chi connectivity index (χ4v) is 6.07. The van der Waals surface area contributed by atoms with Gasteiger partial charge < -0.3 is 9.13 Å². The Kier molecular flexibility index (Phi) is 3.97. The predicted octanol–water partition coefficient (Wildman–Crippen LogP) is 9.03. The molecule has 2 nitrogen and oxygen atoms in total. The summed E-state index contributed by atoms with van der Waals surface area (Å²) in [6, 6.07) is 48.1. The Morgan fingerprint density at radius 3 is 1.44 bits per heavy atom. The van der Waals surface area contributed by atoms with E-state index >= 15 is 0 Å². The van der Waals surface area contributed by atoms with Crippen LogP contribution in [0.5, 0.6) is 0 Å². The largest absolute Gasteiger partial charge is 0.307 e. The molecule has 0 aliphatic heterocycles. The van der Waals surface area contributed by atoms with Crippen LogP contribution in [-0.2, 0) is 0 Å². The first-order valence-electron chi connectivity index (χ1n) is 12.4. The summed E-state index contributed by atoms with van der Waals surface area (Å²) in [6.07, 6.45) is 0.